The van der Waals surface area contributed by atoms with E-state index in [0.29, 0.717) is 0 Å². The minimum absolute atomic E-state index is 0.767. The number of piperidine rings is 1. The van der Waals surface area contributed by atoms with E-state index in [2.05, 4.69) is 29.3 Å². The van der Waals surface area contributed by atoms with Gasteiger partial charge in [0.15, 0.2) is 0 Å². The third-order valence-electron chi connectivity index (χ3n) is 5.31. The molecule has 1 aromatic rings. The summed E-state index contributed by atoms with van der Waals surface area (Å²) in [6, 6.07) is 6.20. The monoisotopic (exact) mass is 285 g/mol. The molecule has 114 valence electrons. The first-order chi connectivity index (χ1) is 10.3. The summed E-state index contributed by atoms with van der Waals surface area (Å²) >= 11 is 0. The van der Waals surface area contributed by atoms with Gasteiger partial charge >= 0.3 is 0 Å². The minimum atomic E-state index is 0.767. The Morgan fingerprint density at radius 3 is 2.81 bits per heavy atom. The summed E-state index contributed by atoms with van der Waals surface area (Å²) in [4.78, 5) is 7.56. The summed E-state index contributed by atoms with van der Waals surface area (Å²) < 4.78 is 0. The van der Waals surface area contributed by atoms with Crippen LogP contribution in [-0.2, 0) is 13.0 Å². The van der Waals surface area contributed by atoms with E-state index in [4.69, 9.17) is 4.98 Å². The van der Waals surface area contributed by atoms with E-state index in [9.17, 15) is 0 Å². The van der Waals surface area contributed by atoms with Crippen molar-refractivity contribution in [1.29, 1.82) is 0 Å². The van der Waals surface area contributed by atoms with Crippen molar-refractivity contribution in [2.75, 3.05) is 11.4 Å². The average Bonchev–Trinajstić information content (AvgIpc) is 3.08. The van der Waals surface area contributed by atoms with Gasteiger partial charge in [-0.25, -0.2) is 4.98 Å². The molecule has 1 N–H and O–H groups in total. The predicted octanol–water partition coefficient (Wildman–Crippen LogP) is 3.27. The first-order valence-electron chi connectivity index (χ1n) is 8.81. The largest absolute Gasteiger partial charge is 0.353 e. The second kappa shape index (κ2) is 5.60. The molecule has 1 aromatic heterocycles. The van der Waals surface area contributed by atoms with Crippen LogP contribution in [0.5, 0.6) is 0 Å². The van der Waals surface area contributed by atoms with Crippen LogP contribution in [0.25, 0.3) is 0 Å². The molecule has 0 amide bonds. The lowest BCUT2D eigenvalue weighted by molar-refractivity contribution is 0.549. The van der Waals surface area contributed by atoms with Crippen molar-refractivity contribution in [2.45, 2.75) is 70.5 Å². The van der Waals surface area contributed by atoms with Crippen LogP contribution in [-0.4, -0.2) is 23.6 Å². The summed E-state index contributed by atoms with van der Waals surface area (Å²) in [6.07, 6.45) is 9.21. The van der Waals surface area contributed by atoms with Gasteiger partial charge in [-0.05, 0) is 62.1 Å². The van der Waals surface area contributed by atoms with Crippen LogP contribution in [0.3, 0.4) is 0 Å². The van der Waals surface area contributed by atoms with Crippen LogP contribution in [0.1, 0.15) is 56.7 Å². The molecule has 1 saturated heterocycles. The molecule has 2 atom stereocenters. The molecule has 2 bridgehead atoms. The Morgan fingerprint density at radius 1 is 1.24 bits per heavy atom. The molecule has 0 radical (unpaired) electrons. The number of rotatable bonds is 6. The van der Waals surface area contributed by atoms with Crippen molar-refractivity contribution in [3.63, 3.8) is 0 Å². The van der Waals surface area contributed by atoms with Gasteiger partial charge in [-0.1, -0.05) is 13.3 Å². The van der Waals surface area contributed by atoms with Gasteiger partial charge in [-0.2, -0.15) is 0 Å². The van der Waals surface area contributed by atoms with Gasteiger partial charge in [0.1, 0.15) is 5.82 Å². The Kier molecular flexibility index (Phi) is 3.62. The highest BCUT2D eigenvalue weighted by atomic mass is 15.2. The third kappa shape index (κ3) is 2.94. The molecule has 2 unspecified atom stereocenters. The molecule has 2 saturated carbocycles. The van der Waals surface area contributed by atoms with E-state index in [-0.39, 0.29) is 0 Å². The van der Waals surface area contributed by atoms with E-state index in [1.165, 1.54) is 62.1 Å². The number of hydrogen-bond donors (Lipinski definition) is 1. The molecule has 21 heavy (non-hydrogen) atoms. The average molecular weight is 285 g/mol. The lowest BCUT2D eigenvalue weighted by Crippen LogP contribution is -2.33. The van der Waals surface area contributed by atoms with Gasteiger partial charge in [-0.15, -0.1) is 0 Å². The quantitative estimate of drug-likeness (QED) is 0.869. The summed E-state index contributed by atoms with van der Waals surface area (Å²) in [5.41, 5.74) is 2.71. The number of pyridine rings is 1. The second-order valence-electron chi connectivity index (χ2n) is 7.22. The Balaban J connectivity index is 1.55. The number of aryl methyl sites for hydroxylation is 1. The van der Waals surface area contributed by atoms with Crippen LogP contribution >= 0.6 is 0 Å². The summed E-state index contributed by atoms with van der Waals surface area (Å²) in [5, 5.41) is 3.65. The van der Waals surface area contributed by atoms with Crippen LogP contribution in [0.2, 0.25) is 0 Å². The summed E-state index contributed by atoms with van der Waals surface area (Å²) in [6.45, 7) is 4.50. The highest BCUT2D eigenvalue weighted by Gasteiger charge is 2.38. The van der Waals surface area contributed by atoms with E-state index in [0.717, 1.165) is 31.0 Å². The Labute approximate surface area is 128 Å². The standard InChI is InChI=1S/C18H27N3/c1-2-3-16-8-14(11-19-15-5-6-15)10-18(20-16)21-12-13-4-7-17(21)9-13/h8,10,13,15,17,19H,2-7,9,11-12H2,1H3. The molecule has 2 aliphatic carbocycles. The van der Waals surface area contributed by atoms with E-state index in [1.54, 1.807) is 0 Å². The fourth-order valence-electron chi connectivity index (χ4n) is 4.02. The maximum absolute atomic E-state index is 4.96. The third-order valence-corrected chi connectivity index (χ3v) is 5.31. The van der Waals surface area contributed by atoms with Crippen LogP contribution < -0.4 is 10.2 Å². The minimum Gasteiger partial charge on any atom is -0.353 e. The Bertz CT molecular complexity index is 509. The maximum atomic E-state index is 4.96. The first-order valence-corrected chi connectivity index (χ1v) is 8.81. The van der Waals surface area contributed by atoms with E-state index < -0.39 is 0 Å². The lowest BCUT2D eigenvalue weighted by Gasteiger charge is -2.29. The zero-order valence-electron chi connectivity index (χ0n) is 13.1. The molecule has 3 heteroatoms. The SMILES string of the molecule is CCCc1cc(CNC2CC2)cc(N2CC3CCC2C3)n1. The molecule has 3 aliphatic rings. The number of hydrogen-bond acceptors (Lipinski definition) is 3. The number of nitrogens with one attached hydrogen (secondary N) is 1. The van der Waals surface area contributed by atoms with Gasteiger partial charge in [0.05, 0.1) is 0 Å². The van der Waals surface area contributed by atoms with Crippen LogP contribution in [0, 0.1) is 5.92 Å². The molecule has 1 aliphatic heterocycles. The van der Waals surface area contributed by atoms with Crippen molar-refractivity contribution in [1.82, 2.24) is 10.3 Å². The summed E-state index contributed by atoms with van der Waals surface area (Å²) in [7, 11) is 0. The Hall–Kier alpha value is -1.09. The Morgan fingerprint density at radius 2 is 2.14 bits per heavy atom. The molecule has 3 nitrogen and oxygen atoms in total. The van der Waals surface area contributed by atoms with Gasteiger partial charge < -0.3 is 10.2 Å². The first kappa shape index (κ1) is 13.6. The highest BCUT2D eigenvalue weighted by Crippen LogP contribution is 2.39. The van der Waals surface area contributed by atoms with Crippen molar-refractivity contribution in [3.05, 3.63) is 23.4 Å². The smallest absolute Gasteiger partial charge is 0.129 e. The molecule has 0 aromatic carbocycles. The van der Waals surface area contributed by atoms with E-state index >= 15 is 0 Å². The molecule has 0 spiro atoms. The normalized spacial score (nSPS) is 27.6. The van der Waals surface area contributed by atoms with Crippen LogP contribution in [0.15, 0.2) is 12.1 Å². The fraction of sp³-hybridized carbons (Fsp3) is 0.722. The summed E-state index contributed by atoms with van der Waals surface area (Å²) in [5.74, 6) is 2.18. The van der Waals surface area contributed by atoms with Crippen molar-refractivity contribution in [2.24, 2.45) is 5.92 Å². The molecular weight excluding hydrogens is 258 g/mol. The van der Waals surface area contributed by atoms with Crippen molar-refractivity contribution >= 4 is 5.82 Å². The lowest BCUT2D eigenvalue weighted by atomic mass is 10.1. The van der Waals surface area contributed by atoms with Gasteiger partial charge in [-0.3, -0.25) is 0 Å². The topological polar surface area (TPSA) is 28.2 Å². The van der Waals surface area contributed by atoms with Gasteiger partial charge in [0, 0.05) is 30.9 Å². The fourth-order valence-corrected chi connectivity index (χ4v) is 4.02. The molecule has 4 rings (SSSR count). The molecule has 3 fully saturated rings. The molecular formula is C18H27N3. The maximum Gasteiger partial charge on any atom is 0.129 e. The van der Waals surface area contributed by atoms with Gasteiger partial charge in [0.2, 0.25) is 0 Å². The second-order valence-corrected chi connectivity index (χ2v) is 7.22. The predicted molar refractivity (Wildman–Crippen MR) is 86.6 cm³/mol. The number of fused-ring (bicyclic) bond motifs is 2. The van der Waals surface area contributed by atoms with Crippen molar-refractivity contribution < 1.29 is 0 Å². The number of nitrogens with zero attached hydrogens (tertiary/aromatic N) is 2. The zero-order valence-corrected chi connectivity index (χ0v) is 13.1. The highest BCUT2D eigenvalue weighted by molar-refractivity contribution is 5.46. The number of anilines is 1. The zero-order chi connectivity index (χ0) is 14.2. The van der Waals surface area contributed by atoms with Crippen LogP contribution in [0.4, 0.5) is 5.82 Å². The van der Waals surface area contributed by atoms with Crippen molar-refractivity contribution in [3.8, 4) is 0 Å². The molecule has 2 heterocycles. The number of aromatic nitrogens is 1. The van der Waals surface area contributed by atoms with E-state index in [1.807, 2.05) is 0 Å². The van der Waals surface area contributed by atoms with Gasteiger partial charge in [0.25, 0.3) is 0 Å².